The van der Waals surface area contributed by atoms with Gasteiger partial charge in [0.05, 0.1) is 22.6 Å². The number of imidazole rings is 1. The molecule has 0 bridgehead atoms. The standard InChI is InChI=1S/C24H25N5O3S/c1-15(20-6-5-11-33-20)28(2)24(31)18-12-17(26-21(30)14-32-4)13-19-22(18)29(3)23(27-19)16-7-9-25-10-8-16/h5-13,15H,14H2,1-4H3,(H,26,30)/t15-/m0/s1. The van der Waals surface area contributed by atoms with Gasteiger partial charge in [-0.2, -0.15) is 0 Å². The third kappa shape index (κ3) is 4.50. The van der Waals surface area contributed by atoms with E-state index in [9.17, 15) is 9.59 Å². The Morgan fingerprint density at radius 1 is 1.24 bits per heavy atom. The number of hydrogen-bond donors (Lipinski definition) is 1. The quantitative estimate of drug-likeness (QED) is 0.445. The molecule has 3 aromatic heterocycles. The number of aromatic nitrogens is 3. The van der Waals surface area contributed by atoms with Gasteiger partial charge in [0.2, 0.25) is 5.91 Å². The summed E-state index contributed by atoms with van der Waals surface area (Å²) in [4.78, 5) is 37.5. The van der Waals surface area contributed by atoms with Gasteiger partial charge in [0.25, 0.3) is 5.91 Å². The van der Waals surface area contributed by atoms with Crippen LogP contribution < -0.4 is 5.32 Å². The van der Waals surface area contributed by atoms with E-state index in [1.54, 1.807) is 47.8 Å². The Hall–Kier alpha value is -3.56. The normalized spacial score (nSPS) is 12.0. The molecule has 0 unspecified atom stereocenters. The van der Waals surface area contributed by atoms with E-state index >= 15 is 0 Å². The lowest BCUT2D eigenvalue weighted by atomic mass is 10.1. The summed E-state index contributed by atoms with van der Waals surface area (Å²) >= 11 is 1.61. The summed E-state index contributed by atoms with van der Waals surface area (Å²) in [5.41, 5.74) is 3.14. The molecule has 4 aromatic rings. The van der Waals surface area contributed by atoms with Crippen LogP contribution in [-0.2, 0) is 16.6 Å². The molecule has 0 fully saturated rings. The molecular weight excluding hydrogens is 438 g/mol. The average Bonchev–Trinajstić information content (AvgIpc) is 3.46. The topological polar surface area (TPSA) is 89.3 Å². The van der Waals surface area contributed by atoms with Crippen LogP contribution in [0.25, 0.3) is 22.4 Å². The van der Waals surface area contributed by atoms with Crippen LogP contribution in [0.4, 0.5) is 5.69 Å². The predicted octanol–water partition coefficient (Wildman–Crippen LogP) is 4.11. The van der Waals surface area contributed by atoms with Crippen molar-refractivity contribution in [1.29, 1.82) is 0 Å². The molecule has 0 aliphatic rings. The van der Waals surface area contributed by atoms with Crippen molar-refractivity contribution < 1.29 is 14.3 Å². The van der Waals surface area contributed by atoms with Crippen LogP contribution in [0.1, 0.15) is 28.2 Å². The summed E-state index contributed by atoms with van der Waals surface area (Å²) < 4.78 is 6.83. The second-order valence-electron chi connectivity index (χ2n) is 7.71. The van der Waals surface area contributed by atoms with E-state index in [-0.39, 0.29) is 24.5 Å². The van der Waals surface area contributed by atoms with Crippen LogP contribution in [-0.4, -0.2) is 52.0 Å². The van der Waals surface area contributed by atoms with Crippen molar-refractivity contribution >= 4 is 39.9 Å². The molecule has 1 N–H and O–H groups in total. The number of carbonyl (C=O) groups excluding carboxylic acids is 2. The van der Waals surface area contributed by atoms with Crippen molar-refractivity contribution in [2.24, 2.45) is 7.05 Å². The van der Waals surface area contributed by atoms with Crippen molar-refractivity contribution in [2.75, 3.05) is 26.1 Å². The molecule has 170 valence electrons. The van der Waals surface area contributed by atoms with Crippen molar-refractivity contribution in [2.45, 2.75) is 13.0 Å². The molecule has 4 rings (SSSR count). The van der Waals surface area contributed by atoms with Gasteiger partial charge in [0.15, 0.2) is 0 Å². The van der Waals surface area contributed by atoms with Crippen molar-refractivity contribution in [3.05, 3.63) is 64.6 Å². The Morgan fingerprint density at radius 3 is 2.67 bits per heavy atom. The Morgan fingerprint density at radius 2 is 2.00 bits per heavy atom. The summed E-state index contributed by atoms with van der Waals surface area (Å²) in [6.45, 7) is 1.91. The van der Waals surface area contributed by atoms with Gasteiger partial charge in [-0.05, 0) is 42.6 Å². The van der Waals surface area contributed by atoms with E-state index in [4.69, 9.17) is 9.72 Å². The van der Waals surface area contributed by atoms with Crippen molar-refractivity contribution in [3.63, 3.8) is 0 Å². The first kappa shape index (κ1) is 22.6. The van der Waals surface area contributed by atoms with Gasteiger partial charge in [0, 0.05) is 49.7 Å². The number of benzene rings is 1. The Bertz CT molecular complexity index is 1280. The van der Waals surface area contributed by atoms with Gasteiger partial charge in [-0.1, -0.05) is 6.07 Å². The van der Waals surface area contributed by atoms with Crippen molar-refractivity contribution in [3.8, 4) is 11.4 Å². The second-order valence-corrected chi connectivity index (χ2v) is 8.69. The molecule has 1 aromatic carbocycles. The van der Waals surface area contributed by atoms with E-state index in [1.165, 1.54) is 7.11 Å². The monoisotopic (exact) mass is 463 g/mol. The number of rotatable bonds is 7. The fraction of sp³-hybridized carbons (Fsp3) is 0.250. The van der Waals surface area contributed by atoms with Gasteiger partial charge < -0.3 is 19.5 Å². The molecule has 0 spiro atoms. The Labute approximate surface area is 195 Å². The first-order valence-electron chi connectivity index (χ1n) is 10.4. The highest BCUT2D eigenvalue weighted by molar-refractivity contribution is 7.10. The summed E-state index contributed by atoms with van der Waals surface area (Å²) in [5.74, 6) is 0.240. The minimum atomic E-state index is -0.305. The smallest absolute Gasteiger partial charge is 0.256 e. The molecule has 0 aliphatic heterocycles. The van der Waals surface area contributed by atoms with Gasteiger partial charge in [0.1, 0.15) is 12.4 Å². The van der Waals surface area contributed by atoms with Crippen LogP contribution in [0.3, 0.4) is 0 Å². The number of thiophene rings is 1. The number of nitrogens with one attached hydrogen (secondary N) is 1. The van der Waals surface area contributed by atoms with Crippen LogP contribution in [0.2, 0.25) is 0 Å². The zero-order valence-corrected chi connectivity index (χ0v) is 19.7. The van der Waals surface area contributed by atoms with Crippen LogP contribution in [0.5, 0.6) is 0 Å². The average molecular weight is 464 g/mol. The minimum Gasteiger partial charge on any atom is -0.375 e. The maximum atomic E-state index is 13.7. The number of hydrogen-bond acceptors (Lipinski definition) is 6. The lowest BCUT2D eigenvalue weighted by molar-refractivity contribution is -0.119. The van der Waals surface area contributed by atoms with E-state index in [1.807, 2.05) is 48.2 Å². The molecule has 0 saturated carbocycles. The minimum absolute atomic E-state index is 0.0822. The number of fused-ring (bicyclic) bond motifs is 1. The lowest BCUT2D eigenvalue weighted by Crippen LogP contribution is -2.30. The molecule has 0 aliphatic carbocycles. The number of ether oxygens (including phenoxy) is 1. The van der Waals surface area contributed by atoms with Crippen LogP contribution in [0, 0.1) is 0 Å². The maximum absolute atomic E-state index is 13.7. The number of anilines is 1. The molecule has 1 atom stereocenters. The number of aryl methyl sites for hydroxylation is 1. The molecule has 9 heteroatoms. The predicted molar refractivity (Wildman–Crippen MR) is 129 cm³/mol. The highest BCUT2D eigenvalue weighted by Gasteiger charge is 2.25. The summed E-state index contributed by atoms with van der Waals surface area (Å²) in [6, 6.07) is 11.1. The second kappa shape index (κ2) is 9.51. The molecule has 8 nitrogen and oxygen atoms in total. The molecule has 33 heavy (non-hydrogen) atoms. The zero-order valence-electron chi connectivity index (χ0n) is 18.9. The van der Waals surface area contributed by atoms with E-state index in [0.29, 0.717) is 28.1 Å². The third-order valence-electron chi connectivity index (χ3n) is 5.55. The molecule has 2 amide bonds. The maximum Gasteiger partial charge on any atom is 0.256 e. The number of methoxy groups -OCH3 is 1. The van der Waals surface area contributed by atoms with Gasteiger partial charge in [-0.3, -0.25) is 14.6 Å². The molecule has 3 heterocycles. The van der Waals surface area contributed by atoms with Crippen molar-refractivity contribution in [1.82, 2.24) is 19.4 Å². The number of nitrogens with zero attached hydrogens (tertiary/aromatic N) is 4. The Kier molecular flexibility index (Phi) is 6.52. The first-order valence-corrected chi connectivity index (χ1v) is 11.3. The lowest BCUT2D eigenvalue weighted by Gasteiger charge is -2.25. The zero-order chi connectivity index (χ0) is 23.5. The fourth-order valence-corrected chi connectivity index (χ4v) is 4.59. The molecular formula is C24H25N5O3S. The van der Waals surface area contributed by atoms with E-state index in [0.717, 1.165) is 10.4 Å². The number of carbonyl (C=O) groups is 2. The summed E-state index contributed by atoms with van der Waals surface area (Å²) in [7, 11) is 5.13. The van der Waals surface area contributed by atoms with Gasteiger partial charge in [-0.15, -0.1) is 11.3 Å². The van der Waals surface area contributed by atoms with Gasteiger partial charge >= 0.3 is 0 Å². The summed E-state index contributed by atoms with van der Waals surface area (Å²) in [6.07, 6.45) is 3.40. The van der Waals surface area contributed by atoms with Crippen LogP contribution >= 0.6 is 11.3 Å². The first-order chi connectivity index (χ1) is 15.9. The fourth-order valence-electron chi connectivity index (χ4n) is 3.76. The molecule has 0 saturated heterocycles. The van der Waals surface area contributed by atoms with Crippen LogP contribution in [0.15, 0.2) is 54.2 Å². The SMILES string of the molecule is COCC(=O)Nc1cc(C(=O)N(C)[C@@H](C)c2cccs2)c2c(c1)nc(-c1ccncc1)n2C. The number of amides is 2. The highest BCUT2D eigenvalue weighted by Crippen LogP contribution is 2.31. The largest absolute Gasteiger partial charge is 0.375 e. The molecule has 0 radical (unpaired) electrons. The van der Waals surface area contributed by atoms with Gasteiger partial charge in [-0.25, -0.2) is 4.98 Å². The summed E-state index contributed by atoms with van der Waals surface area (Å²) in [5, 5.41) is 4.80. The third-order valence-corrected chi connectivity index (χ3v) is 6.60. The Balaban J connectivity index is 1.83. The van der Waals surface area contributed by atoms with E-state index in [2.05, 4.69) is 10.3 Å². The highest BCUT2D eigenvalue weighted by atomic mass is 32.1. The van der Waals surface area contributed by atoms with E-state index < -0.39 is 0 Å². The number of pyridine rings is 1.